The van der Waals surface area contributed by atoms with Gasteiger partial charge < -0.3 is 19.5 Å². The molecule has 29 heavy (non-hydrogen) atoms. The van der Waals surface area contributed by atoms with Gasteiger partial charge in [-0.2, -0.15) is 0 Å². The number of ether oxygens (including phenoxy) is 3. The SMILES string of the molecule is Cc1ccc(OCCOCCOc2ccc(C=C3SC(=S)NC3=O)cc2)cc1C. The fraction of sp³-hybridized carbons (Fsp3) is 0.273. The molecule has 0 bridgehead atoms. The van der Waals surface area contributed by atoms with E-state index in [1.165, 1.54) is 22.9 Å². The number of carbonyl (C=O) groups excluding carboxylic acids is 1. The second-order valence-electron chi connectivity index (χ2n) is 6.48. The van der Waals surface area contributed by atoms with E-state index in [2.05, 4.69) is 25.2 Å². The molecule has 3 rings (SSSR count). The highest BCUT2D eigenvalue weighted by molar-refractivity contribution is 8.26. The van der Waals surface area contributed by atoms with E-state index in [1.807, 2.05) is 42.5 Å². The van der Waals surface area contributed by atoms with Gasteiger partial charge in [-0.25, -0.2) is 0 Å². The van der Waals surface area contributed by atoms with E-state index in [4.69, 9.17) is 26.4 Å². The van der Waals surface area contributed by atoms with Crippen LogP contribution in [0.5, 0.6) is 11.5 Å². The molecule has 1 N–H and O–H groups in total. The van der Waals surface area contributed by atoms with Crippen molar-refractivity contribution >= 4 is 40.3 Å². The Hall–Kier alpha value is -2.35. The van der Waals surface area contributed by atoms with E-state index in [9.17, 15) is 4.79 Å². The highest BCUT2D eigenvalue weighted by Crippen LogP contribution is 2.26. The van der Waals surface area contributed by atoms with Crippen LogP contribution in [-0.2, 0) is 9.53 Å². The summed E-state index contributed by atoms with van der Waals surface area (Å²) >= 11 is 6.25. The van der Waals surface area contributed by atoms with Crippen LogP contribution < -0.4 is 14.8 Å². The van der Waals surface area contributed by atoms with E-state index < -0.39 is 0 Å². The molecule has 0 unspecified atom stereocenters. The topological polar surface area (TPSA) is 56.8 Å². The van der Waals surface area contributed by atoms with Gasteiger partial charge in [0.25, 0.3) is 5.91 Å². The summed E-state index contributed by atoms with van der Waals surface area (Å²) in [7, 11) is 0. The third-order valence-corrected chi connectivity index (χ3v) is 5.45. The maximum atomic E-state index is 11.7. The minimum absolute atomic E-state index is 0.154. The van der Waals surface area contributed by atoms with Crippen LogP contribution in [0, 0.1) is 13.8 Å². The van der Waals surface area contributed by atoms with Crippen LogP contribution in [0.25, 0.3) is 6.08 Å². The molecule has 1 saturated heterocycles. The van der Waals surface area contributed by atoms with Crippen molar-refractivity contribution in [3.05, 3.63) is 64.1 Å². The number of thioether (sulfide) groups is 1. The van der Waals surface area contributed by atoms with Gasteiger partial charge in [0.05, 0.1) is 18.1 Å². The molecule has 1 amide bonds. The monoisotopic (exact) mass is 429 g/mol. The van der Waals surface area contributed by atoms with Gasteiger partial charge in [-0.05, 0) is 60.9 Å². The Labute approximate surface area is 180 Å². The lowest BCUT2D eigenvalue weighted by molar-refractivity contribution is -0.115. The first-order valence-electron chi connectivity index (χ1n) is 9.27. The van der Waals surface area contributed by atoms with Crippen molar-refractivity contribution < 1.29 is 19.0 Å². The van der Waals surface area contributed by atoms with Crippen LogP contribution in [0.3, 0.4) is 0 Å². The van der Waals surface area contributed by atoms with Crippen LogP contribution >= 0.6 is 24.0 Å². The maximum Gasteiger partial charge on any atom is 0.263 e. The zero-order valence-corrected chi connectivity index (χ0v) is 18.0. The quantitative estimate of drug-likeness (QED) is 0.365. The van der Waals surface area contributed by atoms with Crippen molar-refractivity contribution in [2.45, 2.75) is 13.8 Å². The summed E-state index contributed by atoms with van der Waals surface area (Å²) < 4.78 is 17.4. The van der Waals surface area contributed by atoms with Crippen LogP contribution in [0.1, 0.15) is 16.7 Å². The molecule has 0 radical (unpaired) electrons. The van der Waals surface area contributed by atoms with E-state index in [0.717, 1.165) is 17.1 Å². The summed E-state index contributed by atoms with van der Waals surface area (Å²) in [5.41, 5.74) is 3.38. The molecular weight excluding hydrogens is 406 g/mol. The van der Waals surface area contributed by atoms with Crippen LogP contribution in [-0.4, -0.2) is 36.7 Å². The van der Waals surface area contributed by atoms with Crippen LogP contribution in [0.2, 0.25) is 0 Å². The summed E-state index contributed by atoms with van der Waals surface area (Å²) in [6.07, 6.45) is 1.81. The Morgan fingerprint density at radius 3 is 2.21 bits per heavy atom. The van der Waals surface area contributed by atoms with Gasteiger partial charge in [-0.3, -0.25) is 4.79 Å². The smallest absolute Gasteiger partial charge is 0.263 e. The predicted octanol–water partition coefficient (Wildman–Crippen LogP) is 4.27. The Bertz CT molecular complexity index is 910. The third kappa shape index (κ3) is 6.59. The van der Waals surface area contributed by atoms with Gasteiger partial charge in [0.2, 0.25) is 0 Å². The standard InChI is InChI=1S/C22H23NO4S2/c1-15-3-6-19(13-16(15)2)27-12-10-25-9-11-26-18-7-4-17(5-8-18)14-20-21(24)23-22(28)29-20/h3-8,13-14H,9-12H2,1-2H3,(H,23,24,28). The molecule has 0 saturated carbocycles. The van der Waals surface area contributed by atoms with Gasteiger partial charge >= 0.3 is 0 Å². The summed E-state index contributed by atoms with van der Waals surface area (Å²) in [6, 6.07) is 13.6. The van der Waals surface area contributed by atoms with E-state index >= 15 is 0 Å². The highest BCUT2D eigenvalue weighted by atomic mass is 32.2. The van der Waals surface area contributed by atoms with Crippen molar-refractivity contribution in [1.29, 1.82) is 0 Å². The average Bonchev–Trinajstić information content (AvgIpc) is 3.02. The maximum absolute atomic E-state index is 11.7. The Morgan fingerprint density at radius 1 is 0.931 bits per heavy atom. The molecule has 7 heteroatoms. The molecule has 0 spiro atoms. The number of amides is 1. The van der Waals surface area contributed by atoms with Crippen molar-refractivity contribution in [1.82, 2.24) is 5.32 Å². The lowest BCUT2D eigenvalue weighted by Gasteiger charge is -2.10. The molecule has 0 atom stereocenters. The molecule has 2 aromatic carbocycles. The lowest BCUT2D eigenvalue weighted by atomic mass is 10.1. The zero-order valence-electron chi connectivity index (χ0n) is 16.4. The van der Waals surface area contributed by atoms with Crippen molar-refractivity contribution in [3.63, 3.8) is 0 Å². The molecule has 1 fully saturated rings. The molecular formula is C22H23NO4S2. The summed E-state index contributed by atoms with van der Waals surface area (Å²) in [6.45, 7) is 6.09. The summed E-state index contributed by atoms with van der Waals surface area (Å²) in [5, 5.41) is 2.60. The van der Waals surface area contributed by atoms with Crippen LogP contribution in [0.4, 0.5) is 0 Å². The van der Waals surface area contributed by atoms with Crippen molar-refractivity contribution in [2.75, 3.05) is 26.4 Å². The van der Waals surface area contributed by atoms with Crippen LogP contribution in [0.15, 0.2) is 47.4 Å². The largest absolute Gasteiger partial charge is 0.491 e. The van der Waals surface area contributed by atoms with Gasteiger partial charge in [-0.1, -0.05) is 42.2 Å². The summed E-state index contributed by atoms with van der Waals surface area (Å²) in [5.74, 6) is 1.46. The van der Waals surface area contributed by atoms with Gasteiger partial charge in [0, 0.05) is 0 Å². The average molecular weight is 430 g/mol. The minimum atomic E-state index is -0.154. The van der Waals surface area contributed by atoms with Gasteiger partial charge in [-0.15, -0.1) is 0 Å². The molecule has 1 aliphatic heterocycles. The second kappa shape index (κ2) is 10.4. The summed E-state index contributed by atoms with van der Waals surface area (Å²) in [4.78, 5) is 12.3. The van der Waals surface area contributed by atoms with Gasteiger partial charge in [0.1, 0.15) is 29.0 Å². The Balaban J connectivity index is 1.32. The normalized spacial score (nSPS) is 14.9. The first-order valence-corrected chi connectivity index (χ1v) is 10.5. The molecule has 0 aromatic heterocycles. The molecule has 2 aromatic rings. The number of hydrogen-bond donors (Lipinski definition) is 1. The number of benzene rings is 2. The molecule has 0 aliphatic carbocycles. The number of nitrogens with one attached hydrogen (secondary N) is 1. The fourth-order valence-corrected chi connectivity index (χ4v) is 3.62. The fourth-order valence-electron chi connectivity index (χ4n) is 2.58. The number of thiocarbonyl (C=S) groups is 1. The first-order chi connectivity index (χ1) is 14.0. The number of rotatable bonds is 9. The molecule has 152 valence electrons. The molecule has 1 heterocycles. The molecule has 5 nitrogen and oxygen atoms in total. The third-order valence-electron chi connectivity index (χ3n) is 4.29. The van der Waals surface area contributed by atoms with Crippen molar-refractivity contribution in [3.8, 4) is 11.5 Å². The van der Waals surface area contributed by atoms with Gasteiger partial charge in [0.15, 0.2) is 0 Å². The first kappa shape index (κ1) is 21.4. The Kier molecular flexibility index (Phi) is 7.69. The highest BCUT2D eigenvalue weighted by Gasteiger charge is 2.21. The van der Waals surface area contributed by atoms with Crippen molar-refractivity contribution in [2.24, 2.45) is 0 Å². The molecule has 1 aliphatic rings. The number of hydrogen-bond acceptors (Lipinski definition) is 6. The number of carbonyl (C=O) groups is 1. The second-order valence-corrected chi connectivity index (χ2v) is 8.20. The lowest BCUT2D eigenvalue weighted by Crippen LogP contribution is -2.17. The van der Waals surface area contributed by atoms with E-state index in [1.54, 1.807) is 0 Å². The number of aryl methyl sites for hydroxylation is 2. The van der Waals surface area contributed by atoms with E-state index in [0.29, 0.717) is 35.7 Å². The minimum Gasteiger partial charge on any atom is -0.491 e. The van der Waals surface area contributed by atoms with E-state index in [-0.39, 0.29) is 5.91 Å². The predicted molar refractivity (Wildman–Crippen MR) is 120 cm³/mol. The Morgan fingerprint density at radius 2 is 1.59 bits per heavy atom. The zero-order chi connectivity index (χ0) is 20.6.